The molecule has 0 bridgehead atoms. The molecule has 2 amide bonds. The predicted molar refractivity (Wildman–Crippen MR) is 92.4 cm³/mol. The van der Waals surface area contributed by atoms with Crippen molar-refractivity contribution in [3.63, 3.8) is 0 Å². The Morgan fingerprint density at radius 2 is 1.40 bits per heavy atom. The highest BCUT2D eigenvalue weighted by molar-refractivity contribution is 7.94. The molecule has 0 aromatic heterocycles. The molecular formula is C17H14N2O5S. The maximum Gasteiger partial charge on any atom is 0.282 e. The fraction of sp³-hybridized carbons (Fsp3) is 0.0588. The summed E-state index contributed by atoms with van der Waals surface area (Å²) >= 11 is 0.799. The van der Waals surface area contributed by atoms with E-state index in [9.17, 15) is 9.59 Å². The second kappa shape index (κ2) is 7.08. The summed E-state index contributed by atoms with van der Waals surface area (Å²) in [6, 6.07) is 13.9. The van der Waals surface area contributed by atoms with Crippen LogP contribution in [0.15, 0.2) is 65.6 Å². The van der Waals surface area contributed by atoms with Crippen LogP contribution in [0.3, 0.4) is 0 Å². The van der Waals surface area contributed by atoms with Crippen molar-refractivity contribution in [3.05, 3.63) is 66.2 Å². The van der Waals surface area contributed by atoms with Gasteiger partial charge in [-0.1, -0.05) is 29.3 Å². The molecule has 2 aromatic rings. The molecule has 0 aliphatic carbocycles. The zero-order chi connectivity index (χ0) is 18.0. The van der Waals surface area contributed by atoms with Crippen molar-refractivity contribution >= 4 is 35.2 Å². The number of rotatable bonds is 5. The second-order valence-corrected chi connectivity index (χ2v) is 6.04. The van der Waals surface area contributed by atoms with Gasteiger partial charge in [0.15, 0.2) is 0 Å². The Morgan fingerprint density at radius 3 is 1.88 bits per heavy atom. The molecular weight excluding hydrogens is 344 g/mol. The van der Waals surface area contributed by atoms with Crippen LogP contribution >= 0.6 is 12.0 Å². The molecule has 1 heterocycles. The van der Waals surface area contributed by atoms with Gasteiger partial charge in [0.1, 0.15) is 5.57 Å². The molecule has 1 N–H and O–H groups in total. The summed E-state index contributed by atoms with van der Waals surface area (Å²) in [5.74, 6) is -0.953. The quantitative estimate of drug-likeness (QED) is 0.291. The minimum atomic E-state index is -0.485. The highest BCUT2D eigenvalue weighted by Crippen LogP contribution is 2.32. The van der Waals surface area contributed by atoms with Gasteiger partial charge in [-0.2, -0.15) is 0 Å². The summed E-state index contributed by atoms with van der Waals surface area (Å²) in [5.41, 5.74) is 2.00. The van der Waals surface area contributed by atoms with Crippen molar-refractivity contribution in [1.82, 2.24) is 0 Å². The average molecular weight is 358 g/mol. The number of hydrazine groups is 1. The third-order valence-electron chi connectivity index (χ3n) is 3.62. The fourth-order valence-corrected chi connectivity index (χ4v) is 2.73. The zero-order valence-electron chi connectivity index (χ0n) is 13.2. The summed E-state index contributed by atoms with van der Waals surface area (Å²) < 4.78 is 4.35. The largest absolute Gasteiger partial charge is 0.282 e. The van der Waals surface area contributed by atoms with E-state index in [0.717, 1.165) is 17.6 Å². The van der Waals surface area contributed by atoms with Crippen molar-refractivity contribution in [2.45, 2.75) is 11.8 Å². The van der Waals surface area contributed by atoms with Crippen LogP contribution in [0.1, 0.15) is 5.56 Å². The number of carbonyl (C=O) groups excluding carboxylic acids is 2. The van der Waals surface area contributed by atoms with Gasteiger partial charge in [0.05, 0.1) is 23.4 Å². The molecule has 8 heteroatoms. The van der Waals surface area contributed by atoms with Crippen LogP contribution in [0.2, 0.25) is 0 Å². The lowest BCUT2D eigenvalue weighted by atomic mass is 10.2. The van der Waals surface area contributed by atoms with Gasteiger partial charge in [-0.05, 0) is 43.3 Å². The van der Waals surface area contributed by atoms with Gasteiger partial charge in [-0.25, -0.2) is 15.3 Å². The Labute approximate surface area is 148 Å². The molecule has 0 saturated carbocycles. The number of nitrogens with zero attached hydrogens (tertiary/aromatic N) is 2. The van der Waals surface area contributed by atoms with Gasteiger partial charge >= 0.3 is 0 Å². The standard InChI is InChI=1S/C17H14N2O5S/c1-11-3-5-13(6-4-11)18-16(20)12(2)17(21)19(18)14-7-9-15(10-8-14)25-24-23-22/h3-10,22H,2H2,1H3. The summed E-state index contributed by atoms with van der Waals surface area (Å²) in [6.45, 7) is 5.53. The normalized spacial score (nSPS) is 14.6. The Morgan fingerprint density at radius 1 is 0.920 bits per heavy atom. The van der Waals surface area contributed by atoms with Crippen molar-refractivity contribution in [2.75, 3.05) is 10.0 Å². The van der Waals surface area contributed by atoms with Gasteiger partial charge in [0.2, 0.25) is 0 Å². The Hall–Kier alpha value is -2.65. The van der Waals surface area contributed by atoms with E-state index in [4.69, 9.17) is 5.26 Å². The van der Waals surface area contributed by atoms with Crippen LogP contribution in [0.5, 0.6) is 0 Å². The van der Waals surface area contributed by atoms with Gasteiger partial charge in [0.25, 0.3) is 11.8 Å². The van der Waals surface area contributed by atoms with Crippen LogP contribution < -0.4 is 10.0 Å². The first-order chi connectivity index (χ1) is 12.0. The Bertz CT molecular complexity index is 820. The van der Waals surface area contributed by atoms with Crippen molar-refractivity contribution in [2.24, 2.45) is 0 Å². The molecule has 128 valence electrons. The van der Waals surface area contributed by atoms with E-state index in [1.165, 1.54) is 10.0 Å². The van der Waals surface area contributed by atoms with Gasteiger partial charge in [0, 0.05) is 4.90 Å². The zero-order valence-corrected chi connectivity index (χ0v) is 14.0. The van der Waals surface area contributed by atoms with E-state index in [0.29, 0.717) is 16.3 Å². The fourth-order valence-electron chi connectivity index (χ4n) is 2.38. The molecule has 1 aliphatic heterocycles. The highest BCUT2D eigenvalue weighted by atomic mass is 32.2. The van der Waals surface area contributed by atoms with Crippen molar-refractivity contribution in [3.8, 4) is 0 Å². The summed E-state index contributed by atoms with van der Waals surface area (Å²) in [4.78, 5) is 25.6. The monoisotopic (exact) mass is 358 g/mol. The molecule has 2 aromatic carbocycles. The third-order valence-corrected chi connectivity index (χ3v) is 4.22. The molecule has 3 rings (SSSR count). The lowest BCUT2D eigenvalue weighted by Gasteiger charge is -2.27. The smallest absolute Gasteiger partial charge is 0.267 e. The number of benzene rings is 2. The van der Waals surface area contributed by atoms with E-state index < -0.39 is 11.8 Å². The van der Waals surface area contributed by atoms with E-state index in [1.54, 1.807) is 36.4 Å². The molecule has 0 spiro atoms. The van der Waals surface area contributed by atoms with Gasteiger partial charge in [-0.3, -0.25) is 9.59 Å². The number of carbonyl (C=O) groups is 2. The average Bonchev–Trinajstić information content (AvgIpc) is 2.85. The molecule has 1 saturated heterocycles. The first kappa shape index (κ1) is 17.2. The van der Waals surface area contributed by atoms with Crippen LogP contribution in [0, 0.1) is 6.92 Å². The maximum absolute atomic E-state index is 12.5. The number of anilines is 2. The van der Waals surface area contributed by atoms with Gasteiger partial charge in [-0.15, -0.1) is 4.33 Å². The summed E-state index contributed by atoms with van der Waals surface area (Å²) in [7, 11) is 0. The van der Waals surface area contributed by atoms with Crippen LogP contribution in [0.25, 0.3) is 0 Å². The van der Waals surface area contributed by atoms with E-state index in [1.807, 2.05) is 19.1 Å². The van der Waals surface area contributed by atoms with E-state index in [-0.39, 0.29) is 5.57 Å². The summed E-state index contributed by atoms with van der Waals surface area (Å²) in [5, 5.41) is 14.3. The Kier molecular flexibility index (Phi) is 4.86. The predicted octanol–water partition coefficient (Wildman–Crippen LogP) is 3.27. The minimum absolute atomic E-state index is 0.101. The first-order valence-electron chi connectivity index (χ1n) is 7.22. The first-order valence-corrected chi connectivity index (χ1v) is 7.96. The van der Waals surface area contributed by atoms with Gasteiger partial charge < -0.3 is 0 Å². The SMILES string of the molecule is C=C1C(=O)N(c2ccc(C)cc2)N(c2ccc(SOOO)cc2)C1=O. The number of hydrogen-bond donors (Lipinski definition) is 1. The molecule has 1 fully saturated rings. The van der Waals surface area contributed by atoms with E-state index >= 15 is 0 Å². The lowest BCUT2D eigenvalue weighted by Crippen LogP contribution is -2.41. The third kappa shape index (κ3) is 3.28. The maximum atomic E-state index is 12.5. The molecule has 0 atom stereocenters. The Balaban J connectivity index is 1.96. The van der Waals surface area contributed by atoms with E-state index in [2.05, 4.69) is 16.0 Å². The molecule has 7 nitrogen and oxygen atoms in total. The topological polar surface area (TPSA) is 79.3 Å². The van der Waals surface area contributed by atoms with Crippen LogP contribution in [-0.2, 0) is 19.0 Å². The van der Waals surface area contributed by atoms with Crippen molar-refractivity contribution in [1.29, 1.82) is 0 Å². The molecule has 0 radical (unpaired) electrons. The highest BCUT2D eigenvalue weighted by Gasteiger charge is 2.41. The molecule has 25 heavy (non-hydrogen) atoms. The van der Waals surface area contributed by atoms with Crippen LogP contribution in [0.4, 0.5) is 11.4 Å². The molecule has 0 unspecified atom stereocenters. The number of hydrogen-bond acceptors (Lipinski definition) is 6. The number of aryl methyl sites for hydroxylation is 1. The minimum Gasteiger partial charge on any atom is -0.267 e. The number of amides is 2. The summed E-state index contributed by atoms with van der Waals surface area (Å²) in [6.07, 6.45) is 0. The molecule has 1 aliphatic rings. The van der Waals surface area contributed by atoms with Crippen molar-refractivity contribution < 1.29 is 24.2 Å². The lowest BCUT2D eigenvalue weighted by molar-refractivity contribution is -0.432. The second-order valence-electron chi connectivity index (χ2n) is 5.27. The van der Waals surface area contributed by atoms with Crippen LogP contribution in [-0.4, -0.2) is 17.1 Å².